The molecule has 8 heteroatoms. The number of hydrogen-bond acceptors (Lipinski definition) is 3. The number of halogens is 3. The van der Waals surface area contributed by atoms with E-state index in [2.05, 4.69) is 0 Å². The van der Waals surface area contributed by atoms with Gasteiger partial charge in [0.05, 0.1) is 11.3 Å². The summed E-state index contributed by atoms with van der Waals surface area (Å²) < 4.78 is 38.5. The van der Waals surface area contributed by atoms with Gasteiger partial charge < -0.3 is 0 Å². The van der Waals surface area contributed by atoms with Crippen molar-refractivity contribution in [3.8, 4) is 0 Å². The third kappa shape index (κ3) is 3.74. The molecule has 0 saturated carbocycles. The Hall–Kier alpha value is -3.42. The van der Waals surface area contributed by atoms with Crippen molar-refractivity contribution < 1.29 is 27.6 Å². The van der Waals surface area contributed by atoms with E-state index in [-0.39, 0.29) is 11.3 Å². The lowest BCUT2D eigenvalue weighted by Gasteiger charge is -2.26. The third-order valence-electron chi connectivity index (χ3n) is 3.92. The molecule has 1 aliphatic heterocycles. The summed E-state index contributed by atoms with van der Waals surface area (Å²) in [5.41, 5.74) is -0.187. The first kappa shape index (κ1) is 18.4. The number of alkyl halides is 3. The Morgan fingerprint density at radius 3 is 2.30 bits per heavy atom. The van der Waals surface area contributed by atoms with Gasteiger partial charge in [0, 0.05) is 0 Å². The largest absolute Gasteiger partial charge is 0.416 e. The van der Waals surface area contributed by atoms with Gasteiger partial charge in [0.15, 0.2) is 0 Å². The Balaban J connectivity index is 2.01. The molecule has 0 unspecified atom stereocenters. The number of anilines is 1. The third-order valence-corrected chi connectivity index (χ3v) is 3.92. The molecule has 1 N–H and O–H groups in total. The zero-order valence-electron chi connectivity index (χ0n) is 14.0. The fraction of sp³-hybridized carbons (Fsp3) is 0.105. The molecular formula is C19H13F3N2O3. The van der Waals surface area contributed by atoms with Crippen LogP contribution >= 0.6 is 0 Å². The number of rotatable bonds is 2. The summed E-state index contributed by atoms with van der Waals surface area (Å²) in [5.74, 6) is -1.88. The fourth-order valence-corrected chi connectivity index (χ4v) is 2.56. The van der Waals surface area contributed by atoms with Crippen molar-refractivity contribution in [3.05, 3.63) is 70.8 Å². The average molecular weight is 374 g/mol. The van der Waals surface area contributed by atoms with E-state index in [0.29, 0.717) is 0 Å². The van der Waals surface area contributed by atoms with E-state index >= 15 is 0 Å². The van der Waals surface area contributed by atoms with Crippen LogP contribution in [0.25, 0.3) is 6.08 Å². The summed E-state index contributed by atoms with van der Waals surface area (Å²) in [6.07, 6.45) is -3.53. The molecule has 138 valence electrons. The van der Waals surface area contributed by atoms with Gasteiger partial charge >= 0.3 is 12.2 Å². The van der Waals surface area contributed by atoms with Crippen LogP contribution in [0, 0.1) is 6.92 Å². The first-order valence-corrected chi connectivity index (χ1v) is 7.82. The summed E-state index contributed by atoms with van der Waals surface area (Å²) in [5, 5.41) is 2.02. The van der Waals surface area contributed by atoms with Gasteiger partial charge in [-0.15, -0.1) is 0 Å². The summed E-state index contributed by atoms with van der Waals surface area (Å²) in [4.78, 5) is 37.6. The van der Waals surface area contributed by atoms with Crippen LogP contribution in [0.2, 0.25) is 0 Å². The molecule has 1 heterocycles. The molecule has 27 heavy (non-hydrogen) atoms. The number of carbonyl (C=O) groups is 3. The Morgan fingerprint density at radius 1 is 1.00 bits per heavy atom. The van der Waals surface area contributed by atoms with E-state index in [1.807, 2.05) is 12.2 Å². The van der Waals surface area contributed by atoms with Gasteiger partial charge in [-0.2, -0.15) is 13.2 Å². The van der Waals surface area contributed by atoms with Gasteiger partial charge in [0.1, 0.15) is 5.57 Å². The number of amides is 4. The van der Waals surface area contributed by atoms with Crippen LogP contribution in [0.1, 0.15) is 16.7 Å². The summed E-state index contributed by atoms with van der Waals surface area (Å²) in [7, 11) is 0. The second-order valence-corrected chi connectivity index (χ2v) is 5.92. The molecule has 0 atom stereocenters. The van der Waals surface area contributed by atoms with Crippen LogP contribution in [-0.4, -0.2) is 17.8 Å². The fourth-order valence-electron chi connectivity index (χ4n) is 2.56. The van der Waals surface area contributed by atoms with Gasteiger partial charge in [0.25, 0.3) is 11.8 Å². The second kappa shape index (κ2) is 6.71. The molecular weight excluding hydrogens is 361 g/mol. The van der Waals surface area contributed by atoms with E-state index in [4.69, 9.17) is 0 Å². The van der Waals surface area contributed by atoms with Gasteiger partial charge in [-0.3, -0.25) is 14.9 Å². The quantitative estimate of drug-likeness (QED) is 0.644. The molecule has 0 radical (unpaired) electrons. The van der Waals surface area contributed by atoms with Crippen LogP contribution in [0.15, 0.2) is 54.1 Å². The highest BCUT2D eigenvalue weighted by Crippen LogP contribution is 2.30. The van der Waals surface area contributed by atoms with Crippen molar-refractivity contribution in [3.63, 3.8) is 0 Å². The number of imide groups is 2. The number of barbiturate groups is 1. The molecule has 2 aromatic rings. The van der Waals surface area contributed by atoms with Crippen molar-refractivity contribution in [2.75, 3.05) is 4.90 Å². The molecule has 0 aliphatic carbocycles. The van der Waals surface area contributed by atoms with Crippen molar-refractivity contribution in [2.45, 2.75) is 13.1 Å². The number of carbonyl (C=O) groups excluding carboxylic acids is 3. The first-order valence-electron chi connectivity index (χ1n) is 7.82. The number of urea groups is 1. The highest BCUT2D eigenvalue weighted by molar-refractivity contribution is 6.39. The maximum atomic E-state index is 12.8. The van der Waals surface area contributed by atoms with Crippen LogP contribution in [0.3, 0.4) is 0 Å². The molecule has 1 aliphatic rings. The molecule has 2 aromatic carbocycles. The standard InChI is InChI=1S/C19H13F3N2O3/c1-11-5-7-14(8-6-11)24-17(26)15(16(25)23-18(24)27)10-12-3-2-4-13(9-12)19(20,21)22/h2-10H,1H3,(H,23,25,27). The number of nitrogens with one attached hydrogen (secondary N) is 1. The predicted octanol–water partition coefficient (Wildman–Crippen LogP) is 3.68. The van der Waals surface area contributed by atoms with Crippen molar-refractivity contribution in [2.24, 2.45) is 0 Å². The van der Waals surface area contributed by atoms with Crippen molar-refractivity contribution in [1.29, 1.82) is 0 Å². The summed E-state index contributed by atoms with van der Waals surface area (Å²) >= 11 is 0. The maximum Gasteiger partial charge on any atom is 0.416 e. The zero-order valence-corrected chi connectivity index (χ0v) is 14.0. The Bertz CT molecular complexity index is 963. The van der Waals surface area contributed by atoms with E-state index in [1.165, 1.54) is 24.3 Å². The lowest BCUT2D eigenvalue weighted by Crippen LogP contribution is -2.54. The zero-order chi connectivity index (χ0) is 19.8. The Labute approximate surface area is 152 Å². The van der Waals surface area contributed by atoms with Gasteiger partial charge in [0.2, 0.25) is 0 Å². The molecule has 0 bridgehead atoms. The minimum Gasteiger partial charge on any atom is -0.273 e. The minimum absolute atomic E-state index is 0.0153. The van der Waals surface area contributed by atoms with Crippen LogP contribution in [0.5, 0.6) is 0 Å². The topological polar surface area (TPSA) is 66.5 Å². The number of hydrogen-bond donors (Lipinski definition) is 1. The van der Waals surface area contributed by atoms with Crippen molar-refractivity contribution in [1.82, 2.24) is 5.32 Å². The van der Waals surface area contributed by atoms with Gasteiger partial charge in [-0.05, 0) is 42.8 Å². The van der Waals surface area contributed by atoms with E-state index in [9.17, 15) is 27.6 Å². The Kier molecular flexibility index (Phi) is 4.57. The minimum atomic E-state index is -4.56. The van der Waals surface area contributed by atoms with Crippen LogP contribution < -0.4 is 10.2 Å². The highest BCUT2D eigenvalue weighted by Gasteiger charge is 2.37. The molecule has 1 fully saturated rings. The SMILES string of the molecule is Cc1ccc(N2C(=O)NC(=O)C(=Cc3cccc(C(F)(F)F)c3)C2=O)cc1. The number of aryl methyl sites for hydroxylation is 1. The number of benzene rings is 2. The summed E-state index contributed by atoms with van der Waals surface area (Å²) in [6.45, 7) is 1.82. The highest BCUT2D eigenvalue weighted by atomic mass is 19.4. The smallest absolute Gasteiger partial charge is 0.273 e. The van der Waals surface area contributed by atoms with Gasteiger partial charge in [-0.1, -0.05) is 29.8 Å². The van der Waals surface area contributed by atoms with Crippen LogP contribution in [-0.2, 0) is 15.8 Å². The lowest BCUT2D eigenvalue weighted by atomic mass is 10.0. The first-order chi connectivity index (χ1) is 12.7. The van der Waals surface area contributed by atoms with Crippen LogP contribution in [0.4, 0.5) is 23.7 Å². The Morgan fingerprint density at radius 2 is 1.67 bits per heavy atom. The lowest BCUT2D eigenvalue weighted by molar-refractivity contribution is -0.137. The average Bonchev–Trinajstić information content (AvgIpc) is 2.60. The van der Waals surface area contributed by atoms with Crippen molar-refractivity contribution >= 4 is 29.6 Å². The molecule has 4 amide bonds. The molecule has 0 aromatic heterocycles. The molecule has 1 saturated heterocycles. The number of nitrogens with zero attached hydrogens (tertiary/aromatic N) is 1. The monoisotopic (exact) mass is 374 g/mol. The van der Waals surface area contributed by atoms with E-state index in [0.717, 1.165) is 28.7 Å². The summed E-state index contributed by atoms with van der Waals surface area (Å²) in [6, 6.07) is 9.71. The molecule has 5 nitrogen and oxygen atoms in total. The second-order valence-electron chi connectivity index (χ2n) is 5.92. The molecule has 0 spiro atoms. The maximum absolute atomic E-state index is 12.8. The normalized spacial score (nSPS) is 16.7. The van der Waals surface area contributed by atoms with E-state index < -0.39 is 35.2 Å². The van der Waals surface area contributed by atoms with Gasteiger partial charge in [-0.25, -0.2) is 9.69 Å². The molecule has 3 rings (SSSR count). The predicted molar refractivity (Wildman–Crippen MR) is 91.6 cm³/mol. The van der Waals surface area contributed by atoms with E-state index in [1.54, 1.807) is 12.1 Å².